The Morgan fingerprint density at radius 3 is 2.59 bits per heavy atom. The predicted molar refractivity (Wildman–Crippen MR) is 71.2 cm³/mol. The highest BCUT2D eigenvalue weighted by Crippen LogP contribution is 2.38. The Hall–Kier alpha value is -1.53. The van der Waals surface area contributed by atoms with Gasteiger partial charge in [-0.2, -0.15) is 4.98 Å². The highest BCUT2D eigenvalue weighted by Gasteiger charge is 2.45. The molecule has 1 aliphatic rings. The largest absolute Gasteiger partial charge is 0.469 e. The van der Waals surface area contributed by atoms with Gasteiger partial charge in [-0.05, 0) is 0 Å². The van der Waals surface area contributed by atoms with E-state index in [0.29, 0.717) is 0 Å². The van der Waals surface area contributed by atoms with Crippen molar-refractivity contribution in [2.75, 3.05) is 18.1 Å². The number of aliphatic hydroxyl groups is 2. The number of phosphoric acid groups is 1. The molecular weight excluding hydrogens is 323 g/mol. The van der Waals surface area contributed by atoms with Crippen molar-refractivity contribution in [3.05, 3.63) is 16.7 Å². The van der Waals surface area contributed by atoms with Crippen molar-refractivity contribution in [3.8, 4) is 0 Å². The van der Waals surface area contributed by atoms with Crippen LogP contribution in [0.25, 0.3) is 0 Å². The Morgan fingerprint density at radius 2 is 2.00 bits per heavy atom. The Balaban J connectivity index is 2.22. The first kappa shape index (κ1) is 16.8. The molecule has 4 atom stereocenters. The summed E-state index contributed by atoms with van der Waals surface area (Å²) in [5.41, 5.74) is 9.96. The first-order valence-corrected chi connectivity index (χ1v) is 7.49. The Labute approximate surface area is 123 Å². The molecule has 0 amide bonds. The van der Waals surface area contributed by atoms with Gasteiger partial charge in [0, 0.05) is 6.20 Å². The molecule has 0 aliphatic carbocycles. The van der Waals surface area contributed by atoms with E-state index in [1.54, 1.807) is 0 Å². The molecule has 12 nitrogen and oxygen atoms in total. The molecule has 0 aromatic carbocycles. The van der Waals surface area contributed by atoms with Gasteiger partial charge >= 0.3 is 13.5 Å². The van der Waals surface area contributed by atoms with Gasteiger partial charge in [0.1, 0.15) is 18.3 Å². The minimum atomic E-state index is -4.77. The standard InChI is InChI=1S/C9H15N4O8P/c10-3-1-13(9(16)12-7(3)11)8-6(15)5(14)4(21-8)2-20-22(17,18)19/h1,4-6,8,14-15H,2,10H2,(H2,11,12,16)(H2,17,18,19)/t4-,5-,6-,8-/m1/s1. The van der Waals surface area contributed by atoms with E-state index < -0.39 is 44.7 Å². The molecule has 2 heterocycles. The first-order valence-electron chi connectivity index (χ1n) is 5.96. The van der Waals surface area contributed by atoms with E-state index in [0.717, 1.165) is 10.8 Å². The van der Waals surface area contributed by atoms with Crippen LogP contribution in [-0.4, -0.2) is 54.5 Å². The molecule has 0 bridgehead atoms. The Kier molecular flexibility index (Phi) is 4.54. The van der Waals surface area contributed by atoms with Gasteiger partial charge in [0.15, 0.2) is 12.0 Å². The third kappa shape index (κ3) is 3.44. The lowest BCUT2D eigenvalue weighted by atomic mass is 10.1. The highest BCUT2D eigenvalue weighted by molar-refractivity contribution is 7.46. The van der Waals surface area contributed by atoms with Gasteiger partial charge in [0.05, 0.1) is 12.3 Å². The molecule has 1 aromatic rings. The summed E-state index contributed by atoms with van der Waals surface area (Å²) in [5.74, 6) is -0.198. The fourth-order valence-corrected chi connectivity index (χ4v) is 2.29. The van der Waals surface area contributed by atoms with Crippen LogP contribution in [0.2, 0.25) is 0 Å². The summed E-state index contributed by atoms with van der Waals surface area (Å²) >= 11 is 0. The van der Waals surface area contributed by atoms with Crippen LogP contribution in [-0.2, 0) is 13.8 Å². The summed E-state index contributed by atoms with van der Waals surface area (Å²) in [6, 6.07) is 0. The van der Waals surface area contributed by atoms with E-state index in [9.17, 15) is 19.6 Å². The number of ether oxygens (including phenoxy) is 1. The Morgan fingerprint density at radius 1 is 1.36 bits per heavy atom. The van der Waals surface area contributed by atoms with Gasteiger partial charge in [-0.15, -0.1) is 0 Å². The first-order chi connectivity index (χ1) is 10.1. The summed E-state index contributed by atoms with van der Waals surface area (Å²) in [4.78, 5) is 32.4. The van der Waals surface area contributed by atoms with Gasteiger partial charge in [0.25, 0.3) is 0 Å². The van der Waals surface area contributed by atoms with Crippen molar-refractivity contribution in [1.29, 1.82) is 0 Å². The number of rotatable bonds is 4. The number of aromatic nitrogens is 2. The zero-order chi connectivity index (χ0) is 16.7. The van der Waals surface area contributed by atoms with Crippen LogP contribution in [0.15, 0.2) is 11.0 Å². The van der Waals surface area contributed by atoms with E-state index in [1.165, 1.54) is 0 Å². The maximum absolute atomic E-state index is 11.7. The van der Waals surface area contributed by atoms with E-state index in [2.05, 4.69) is 9.51 Å². The van der Waals surface area contributed by atoms with E-state index in [1.807, 2.05) is 0 Å². The SMILES string of the molecule is Nc1cn([C@@H]2O[C@H](COP(=O)(O)O)[C@@H](O)[C@H]2O)c(=O)nc1N. The number of aliphatic hydroxyl groups excluding tert-OH is 2. The van der Waals surface area contributed by atoms with E-state index in [-0.39, 0.29) is 11.5 Å². The van der Waals surface area contributed by atoms with Crippen molar-refractivity contribution in [1.82, 2.24) is 9.55 Å². The predicted octanol–water partition coefficient (Wildman–Crippen LogP) is -2.86. The summed E-state index contributed by atoms with van der Waals surface area (Å²) in [5, 5.41) is 19.7. The average molecular weight is 338 g/mol. The smallest absolute Gasteiger partial charge is 0.395 e. The van der Waals surface area contributed by atoms with Gasteiger partial charge < -0.3 is 36.2 Å². The Bertz CT molecular complexity index is 660. The lowest BCUT2D eigenvalue weighted by Gasteiger charge is -2.17. The fraction of sp³-hybridized carbons (Fsp3) is 0.556. The van der Waals surface area contributed by atoms with Crippen LogP contribution in [0.3, 0.4) is 0 Å². The zero-order valence-corrected chi connectivity index (χ0v) is 11.9. The number of phosphoric ester groups is 1. The molecule has 1 saturated heterocycles. The molecule has 0 saturated carbocycles. The number of nitrogen functional groups attached to an aromatic ring is 2. The number of nitrogens with zero attached hydrogens (tertiary/aromatic N) is 2. The molecule has 13 heteroatoms. The van der Waals surface area contributed by atoms with Gasteiger partial charge in [-0.1, -0.05) is 0 Å². The molecule has 22 heavy (non-hydrogen) atoms. The van der Waals surface area contributed by atoms with Crippen molar-refractivity contribution >= 4 is 19.3 Å². The lowest BCUT2D eigenvalue weighted by Crippen LogP contribution is -2.36. The van der Waals surface area contributed by atoms with Crippen molar-refractivity contribution in [2.24, 2.45) is 0 Å². The third-order valence-electron chi connectivity index (χ3n) is 3.03. The quantitative estimate of drug-likeness (QED) is 0.308. The molecule has 1 fully saturated rings. The van der Waals surface area contributed by atoms with Crippen LogP contribution in [0, 0.1) is 0 Å². The van der Waals surface area contributed by atoms with Crippen LogP contribution >= 0.6 is 7.82 Å². The maximum atomic E-state index is 11.7. The number of anilines is 2. The van der Waals surface area contributed by atoms with Gasteiger partial charge in [-0.3, -0.25) is 9.09 Å². The van der Waals surface area contributed by atoms with Crippen LogP contribution < -0.4 is 17.2 Å². The monoisotopic (exact) mass is 338 g/mol. The molecule has 0 spiro atoms. The van der Waals surface area contributed by atoms with E-state index in [4.69, 9.17) is 26.0 Å². The molecule has 1 aliphatic heterocycles. The highest BCUT2D eigenvalue weighted by atomic mass is 31.2. The number of hydrogen-bond acceptors (Lipinski definition) is 9. The second kappa shape index (κ2) is 5.93. The lowest BCUT2D eigenvalue weighted by molar-refractivity contribution is -0.0541. The zero-order valence-electron chi connectivity index (χ0n) is 11.0. The van der Waals surface area contributed by atoms with Crippen molar-refractivity contribution in [3.63, 3.8) is 0 Å². The fourth-order valence-electron chi connectivity index (χ4n) is 1.95. The molecule has 1 aromatic heterocycles. The topological polar surface area (TPSA) is 203 Å². The minimum Gasteiger partial charge on any atom is -0.395 e. The van der Waals surface area contributed by atoms with E-state index >= 15 is 0 Å². The summed E-state index contributed by atoms with van der Waals surface area (Å²) in [6.45, 7) is -0.689. The van der Waals surface area contributed by atoms with Crippen LogP contribution in [0.5, 0.6) is 0 Å². The summed E-state index contributed by atoms with van der Waals surface area (Å²) in [6.07, 6.45) is -4.64. The molecule has 0 radical (unpaired) electrons. The summed E-state index contributed by atoms with van der Waals surface area (Å²) < 4.78 is 20.9. The number of hydrogen-bond donors (Lipinski definition) is 6. The minimum absolute atomic E-state index is 0.0418. The normalized spacial score (nSPS) is 28.9. The molecule has 8 N–H and O–H groups in total. The molecular formula is C9H15N4O8P. The van der Waals surface area contributed by atoms with Crippen LogP contribution in [0.1, 0.15) is 6.23 Å². The molecule has 0 unspecified atom stereocenters. The van der Waals surface area contributed by atoms with Crippen molar-refractivity contribution < 1.29 is 33.8 Å². The second-order valence-corrected chi connectivity index (χ2v) is 5.84. The second-order valence-electron chi connectivity index (χ2n) is 4.60. The van der Waals surface area contributed by atoms with Gasteiger partial charge in [-0.25, -0.2) is 9.36 Å². The van der Waals surface area contributed by atoms with Gasteiger partial charge in [0.2, 0.25) is 0 Å². The summed E-state index contributed by atoms with van der Waals surface area (Å²) in [7, 11) is -4.77. The van der Waals surface area contributed by atoms with Crippen molar-refractivity contribution in [2.45, 2.75) is 24.5 Å². The van der Waals surface area contributed by atoms with Crippen LogP contribution in [0.4, 0.5) is 11.5 Å². The molecule has 124 valence electrons. The molecule has 2 rings (SSSR count). The maximum Gasteiger partial charge on any atom is 0.469 e. The average Bonchev–Trinajstić information content (AvgIpc) is 2.68. The number of nitrogens with two attached hydrogens (primary N) is 2. The third-order valence-corrected chi connectivity index (χ3v) is 3.51.